The van der Waals surface area contributed by atoms with E-state index in [4.69, 9.17) is 0 Å². The summed E-state index contributed by atoms with van der Waals surface area (Å²) < 4.78 is 0. The highest BCUT2D eigenvalue weighted by molar-refractivity contribution is 5.75. The largest absolute Gasteiger partial charge is 0.480 e. The SMILES string of the molecule is O=C(O)C(NC1CCN(C2CC2)C1)c1ccccc1. The summed E-state index contributed by atoms with van der Waals surface area (Å²) in [6.07, 6.45) is 3.68. The monoisotopic (exact) mass is 260 g/mol. The molecule has 19 heavy (non-hydrogen) atoms. The van der Waals surface area contributed by atoms with Gasteiger partial charge in [0.1, 0.15) is 6.04 Å². The lowest BCUT2D eigenvalue weighted by Crippen LogP contribution is -2.39. The Bertz CT molecular complexity index is 445. The predicted octanol–water partition coefficient (Wildman–Crippen LogP) is 1.64. The van der Waals surface area contributed by atoms with Crippen LogP contribution in [0.4, 0.5) is 0 Å². The summed E-state index contributed by atoms with van der Waals surface area (Å²) in [5.41, 5.74) is 0.833. The Hall–Kier alpha value is -1.39. The fraction of sp³-hybridized carbons (Fsp3) is 0.533. The van der Waals surface area contributed by atoms with E-state index in [1.165, 1.54) is 12.8 Å². The molecule has 1 saturated heterocycles. The molecule has 2 aliphatic rings. The maximum Gasteiger partial charge on any atom is 0.325 e. The van der Waals surface area contributed by atoms with Crippen LogP contribution in [-0.4, -0.2) is 41.1 Å². The molecule has 0 bridgehead atoms. The van der Waals surface area contributed by atoms with Gasteiger partial charge in [-0.2, -0.15) is 0 Å². The second-order valence-corrected chi connectivity index (χ2v) is 5.56. The maximum absolute atomic E-state index is 11.4. The molecule has 4 nitrogen and oxygen atoms in total. The van der Waals surface area contributed by atoms with Crippen molar-refractivity contribution in [3.8, 4) is 0 Å². The Kier molecular flexibility index (Phi) is 3.53. The molecular formula is C15H20N2O2. The van der Waals surface area contributed by atoms with Crippen LogP contribution < -0.4 is 5.32 Å². The smallest absolute Gasteiger partial charge is 0.325 e. The zero-order chi connectivity index (χ0) is 13.2. The van der Waals surface area contributed by atoms with Gasteiger partial charge in [0.25, 0.3) is 0 Å². The number of carbonyl (C=O) groups is 1. The van der Waals surface area contributed by atoms with E-state index in [1.54, 1.807) is 0 Å². The molecule has 4 heteroatoms. The molecule has 0 aromatic heterocycles. The molecule has 0 amide bonds. The van der Waals surface area contributed by atoms with Crippen LogP contribution >= 0.6 is 0 Å². The number of nitrogens with one attached hydrogen (secondary N) is 1. The van der Waals surface area contributed by atoms with Crippen molar-refractivity contribution < 1.29 is 9.90 Å². The summed E-state index contributed by atoms with van der Waals surface area (Å²) in [6.45, 7) is 2.09. The number of aliphatic carboxylic acids is 1. The highest BCUT2D eigenvalue weighted by Crippen LogP contribution is 2.30. The fourth-order valence-corrected chi connectivity index (χ4v) is 2.89. The van der Waals surface area contributed by atoms with Gasteiger partial charge in [-0.15, -0.1) is 0 Å². The zero-order valence-electron chi connectivity index (χ0n) is 11.0. The Labute approximate surface area is 113 Å². The molecule has 1 saturated carbocycles. The predicted molar refractivity (Wildman–Crippen MR) is 73.0 cm³/mol. The lowest BCUT2D eigenvalue weighted by atomic mass is 10.1. The summed E-state index contributed by atoms with van der Waals surface area (Å²) in [5.74, 6) is -0.795. The number of rotatable bonds is 5. The summed E-state index contributed by atoms with van der Waals surface area (Å²) in [7, 11) is 0. The third-order valence-corrected chi connectivity index (χ3v) is 4.07. The molecule has 3 rings (SSSR count). The van der Waals surface area contributed by atoms with Gasteiger partial charge in [-0.3, -0.25) is 15.0 Å². The van der Waals surface area contributed by atoms with Gasteiger partial charge < -0.3 is 5.11 Å². The Morgan fingerprint density at radius 1 is 1.26 bits per heavy atom. The average Bonchev–Trinajstić information content (AvgIpc) is 3.16. The molecule has 2 N–H and O–H groups in total. The lowest BCUT2D eigenvalue weighted by Gasteiger charge is -2.20. The highest BCUT2D eigenvalue weighted by Gasteiger charge is 2.35. The van der Waals surface area contributed by atoms with Gasteiger partial charge in [0, 0.05) is 25.2 Å². The van der Waals surface area contributed by atoms with Gasteiger partial charge in [-0.25, -0.2) is 0 Å². The van der Waals surface area contributed by atoms with E-state index >= 15 is 0 Å². The van der Waals surface area contributed by atoms with Crippen molar-refractivity contribution in [3.63, 3.8) is 0 Å². The number of hydrogen-bond donors (Lipinski definition) is 2. The molecule has 1 aliphatic heterocycles. The molecule has 2 fully saturated rings. The number of nitrogens with zero attached hydrogens (tertiary/aromatic N) is 1. The van der Waals surface area contributed by atoms with Crippen LogP contribution in [0.1, 0.15) is 30.9 Å². The van der Waals surface area contributed by atoms with Crippen molar-refractivity contribution in [2.24, 2.45) is 0 Å². The van der Waals surface area contributed by atoms with E-state index in [2.05, 4.69) is 10.2 Å². The first-order chi connectivity index (χ1) is 9.24. The molecule has 2 atom stereocenters. The van der Waals surface area contributed by atoms with Crippen LogP contribution in [0.3, 0.4) is 0 Å². The minimum absolute atomic E-state index is 0.293. The van der Waals surface area contributed by atoms with Gasteiger partial charge in [-0.1, -0.05) is 30.3 Å². The summed E-state index contributed by atoms with van der Waals surface area (Å²) in [5, 5.41) is 12.7. The molecule has 0 radical (unpaired) electrons. The Balaban J connectivity index is 1.64. The van der Waals surface area contributed by atoms with E-state index in [0.29, 0.717) is 6.04 Å². The minimum Gasteiger partial charge on any atom is -0.480 e. The Morgan fingerprint density at radius 3 is 2.63 bits per heavy atom. The normalized spacial score (nSPS) is 25.4. The molecule has 102 valence electrons. The zero-order valence-corrected chi connectivity index (χ0v) is 11.0. The fourth-order valence-electron chi connectivity index (χ4n) is 2.89. The third-order valence-electron chi connectivity index (χ3n) is 4.07. The first-order valence-corrected chi connectivity index (χ1v) is 7.02. The molecular weight excluding hydrogens is 240 g/mol. The Morgan fingerprint density at radius 2 is 2.00 bits per heavy atom. The van der Waals surface area contributed by atoms with E-state index < -0.39 is 12.0 Å². The second kappa shape index (κ2) is 5.31. The lowest BCUT2D eigenvalue weighted by molar-refractivity contribution is -0.139. The molecule has 1 aromatic rings. The topological polar surface area (TPSA) is 52.6 Å². The van der Waals surface area contributed by atoms with E-state index in [-0.39, 0.29) is 0 Å². The van der Waals surface area contributed by atoms with Crippen LogP contribution in [0.25, 0.3) is 0 Å². The van der Waals surface area contributed by atoms with E-state index in [0.717, 1.165) is 31.1 Å². The molecule has 2 unspecified atom stereocenters. The van der Waals surface area contributed by atoms with Crippen molar-refractivity contribution in [3.05, 3.63) is 35.9 Å². The van der Waals surface area contributed by atoms with Gasteiger partial charge in [-0.05, 0) is 24.8 Å². The molecule has 0 spiro atoms. The van der Waals surface area contributed by atoms with Crippen LogP contribution in [0.5, 0.6) is 0 Å². The number of likely N-dealkylation sites (tertiary alicyclic amines) is 1. The minimum atomic E-state index is -0.795. The number of carboxylic acids is 1. The van der Waals surface area contributed by atoms with Crippen LogP contribution in [0, 0.1) is 0 Å². The van der Waals surface area contributed by atoms with Crippen molar-refractivity contribution in [2.45, 2.75) is 37.4 Å². The van der Waals surface area contributed by atoms with Crippen LogP contribution in [0.2, 0.25) is 0 Å². The van der Waals surface area contributed by atoms with Gasteiger partial charge in [0.2, 0.25) is 0 Å². The average molecular weight is 260 g/mol. The van der Waals surface area contributed by atoms with Crippen LogP contribution in [-0.2, 0) is 4.79 Å². The van der Waals surface area contributed by atoms with Gasteiger partial charge >= 0.3 is 5.97 Å². The van der Waals surface area contributed by atoms with Crippen molar-refractivity contribution in [1.29, 1.82) is 0 Å². The van der Waals surface area contributed by atoms with Crippen molar-refractivity contribution in [2.75, 3.05) is 13.1 Å². The summed E-state index contributed by atoms with van der Waals surface area (Å²) in [4.78, 5) is 13.9. The van der Waals surface area contributed by atoms with Crippen molar-refractivity contribution in [1.82, 2.24) is 10.2 Å². The number of hydrogen-bond acceptors (Lipinski definition) is 3. The van der Waals surface area contributed by atoms with E-state index in [1.807, 2.05) is 30.3 Å². The number of benzene rings is 1. The second-order valence-electron chi connectivity index (χ2n) is 5.56. The summed E-state index contributed by atoms with van der Waals surface area (Å²) >= 11 is 0. The quantitative estimate of drug-likeness (QED) is 0.845. The van der Waals surface area contributed by atoms with E-state index in [9.17, 15) is 9.90 Å². The van der Waals surface area contributed by atoms with Crippen molar-refractivity contribution >= 4 is 5.97 Å². The first kappa shape index (κ1) is 12.6. The third kappa shape index (κ3) is 2.96. The molecule has 1 aliphatic carbocycles. The maximum atomic E-state index is 11.4. The highest BCUT2D eigenvalue weighted by atomic mass is 16.4. The summed E-state index contributed by atoms with van der Waals surface area (Å²) in [6, 6.07) is 9.90. The molecule has 1 heterocycles. The van der Waals surface area contributed by atoms with Gasteiger partial charge in [0.05, 0.1) is 0 Å². The molecule has 1 aromatic carbocycles. The number of carboxylic acid groups (broad SMARTS) is 1. The van der Waals surface area contributed by atoms with Gasteiger partial charge in [0.15, 0.2) is 0 Å². The standard InChI is InChI=1S/C15H20N2O2/c18-15(19)14(11-4-2-1-3-5-11)16-12-8-9-17(10-12)13-6-7-13/h1-5,12-14,16H,6-10H2,(H,18,19). The van der Waals surface area contributed by atoms with Crippen LogP contribution in [0.15, 0.2) is 30.3 Å². The first-order valence-electron chi connectivity index (χ1n) is 7.02.